The minimum Gasteiger partial charge on any atom is -0.481 e. The SMILES string of the molecule is N#Cc1ccc(CCNC(=O)[C@@H]2CCCN2c2cc(N3CCC(CCNC(=O)N[C@H](CC(=O)O)C(=O)O)CC3)nc(C(F)(F)F)n2)cc1. The number of rotatable bonds is 13. The van der Waals surface area contributed by atoms with Gasteiger partial charge in [0.25, 0.3) is 0 Å². The summed E-state index contributed by atoms with van der Waals surface area (Å²) in [5, 5.41) is 34.3. The van der Waals surface area contributed by atoms with Gasteiger partial charge in [-0.15, -0.1) is 0 Å². The zero-order chi connectivity index (χ0) is 34.8. The lowest BCUT2D eigenvalue weighted by molar-refractivity contribution is -0.145. The second-order valence-electron chi connectivity index (χ2n) is 11.7. The van der Waals surface area contributed by atoms with Crippen LogP contribution >= 0.6 is 0 Å². The fourth-order valence-electron chi connectivity index (χ4n) is 5.79. The van der Waals surface area contributed by atoms with Crippen LogP contribution in [0.5, 0.6) is 0 Å². The van der Waals surface area contributed by atoms with Crippen molar-refractivity contribution in [1.82, 2.24) is 25.9 Å². The average Bonchev–Trinajstić information content (AvgIpc) is 3.55. The molecule has 2 aliphatic rings. The number of piperidine rings is 1. The number of halogens is 3. The van der Waals surface area contributed by atoms with Crippen LogP contribution in [0.15, 0.2) is 30.3 Å². The number of carboxylic acids is 2. The Morgan fingerprint density at radius 2 is 1.67 bits per heavy atom. The van der Waals surface area contributed by atoms with Crippen LogP contribution in [0.4, 0.5) is 29.6 Å². The van der Waals surface area contributed by atoms with E-state index in [-0.39, 0.29) is 30.0 Å². The summed E-state index contributed by atoms with van der Waals surface area (Å²) >= 11 is 0. The number of alkyl halides is 3. The van der Waals surface area contributed by atoms with Crippen molar-refractivity contribution in [2.75, 3.05) is 42.5 Å². The largest absolute Gasteiger partial charge is 0.481 e. The number of nitriles is 1. The van der Waals surface area contributed by atoms with E-state index in [2.05, 4.69) is 25.9 Å². The summed E-state index contributed by atoms with van der Waals surface area (Å²) in [6.07, 6.45) is -2.29. The number of carbonyl (C=O) groups excluding carboxylic acids is 2. The van der Waals surface area contributed by atoms with Gasteiger partial charge in [0, 0.05) is 38.8 Å². The molecule has 0 radical (unpaired) electrons. The number of hydrogen-bond acceptors (Lipinski definition) is 9. The van der Waals surface area contributed by atoms with Crippen LogP contribution in [0, 0.1) is 17.2 Å². The van der Waals surface area contributed by atoms with E-state index in [9.17, 15) is 32.3 Å². The second-order valence-corrected chi connectivity index (χ2v) is 11.7. The number of carboxylic acid groups (broad SMARTS) is 2. The molecular weight excluding hydrogens is 637 g/mol. The Bertz CT molecular complexity index is 1510. The summed E-state index contributed by atoms with van der Waals surface area (Å²) in [4.78, 5) is 58.1. The number of anilines is 2. The summed E-state index contributed by atoms with van der Waals surface area (Å²) in [6, 6.07) is 7.44. The highest BCUT2D eigenvalue weighted by Gasteiger charge is 2.39. The van der Waals surface area contributed by atoms with Crippen molar-refractivity contribution in [1.29, 1.82) is 5.26 Å². The van der Waals surface area contributed by atoms with Gasteiger partial charge in [0.1, 0.15) is 23.7 Å². The summed E-state index contributed by atoms with van der Waals surface area (Å²) in [7, 11) is 0. The van der Waals surface area contributed by atoms with Crippen molar-refractivity contribution >= 4 is 35.5 Å². The molecule has 2 aromatic rings. The number of carbonyl (C=O) groups is 4. The predicted molar refractivity (Wildman–Crippen MR) is 165 cm³/mol. The molecule has 1 aromatic heterocycles. The lowest BCUT2D eigenvalue weighted by Gasteiger charge is -2.34. The van der Waals surface area contributed by atoms with E-state index < -0.39 is 48.5 Å². The van der Waals surface area contributed by atoms with Crippen molar-refractivity contribution in [2.24, 2.45) is 5.92 Å². The van der Waals surface area contributed by atoms with E-state index in [1.54, 1.807) is 34.1 Å². The average molecular weight is 675 g/mol. The van der Waals surface area contributed by atoms with Gasteiger partial charge >= 0.3 is 24.1 Å². The normalized spacial score (nSPS) is 17.3. The van der Waals surface area contributed by atoms with Gasteiger partial charge in [-0.25, -0.2) is 19.6 Å². The van der Waals surface area contributed by atoms with Gasteiger partial charge in [-0.1, -0.05) is 12.1 Å². The van der Waals surface area contributed by atoms with Gasteiger partial charge < -0.3 is 36.0 Å². The summed E-state index contributed by atoms with van der Waals surface area (Å²) in [5.74, 6) is -4.19. The van der Waals surface area contributed by atoms with Gasteiger partial charge in [0.05, 0.1) is 18.1 Å². The zero-order valence-electron chi connectivity index (χ0n) is 26.0. The van der Waals surface area contributed by atoms with Crippen molar-refractivity contribution in [3.63, 3.8) is 0 Å². The highest BCUT2D eigenvalue weighted by molar-refractivity contribution is 5.86. The lowest BCUT2D eigenvalue weighted by Crippen LogP contribution is -2.47. The molecule has 3 heterocycles. The van der Waals surface area contributed by atoms with E-state index in [1.165, 1.54) is 6.07 Å². The molecule has 0 aliphatic carbocycles. The number of aliphatic carboxylic acids is 2. The number of nitrogens with zero attached hydrogens (tertiary/aromatic N) is 5. The Balaban J connectivity index is 1.33. The number of aromatic nitrogens is 2. The first kappa shape index (κ1) is 35.7. The molecule has 17 heteroatoms. The second kappa shape index (κ2) is 16.1. The Labute approximate surface area is 274 Å². The maximum Gasteiger partial charge on any atom is 0.451 e. The maximum atomic E-state index is 13.9. The molecule has 0 bridgehead atoms. The molecule has 5 N–H and O–H groups in total. The van der Waals surface area contributed by atoms with E-state index in [4.69, 9.17) is 15.5 Å². The van der Waals surface area contributed by atoms with E-state index >= 15 is 0 Å². The topological polar surface area (TPSA) is 201 Å². The van der Waals surface area contributed by atoms with Gasteiger partial charge in [-0.05, 0) is 62.1 Å². The molecule has 3 amide bonds. The van der Waals surface area contributed by atoms with Crippen molar-refractivity contribution in [3.8, 4) is 6.07 Å². The standard InChI is InChI=1S/C31H37F3N8O6/c32-31(33,34)29-39-24(41-14-9-20(10-15-41)8-12-37-30(48)38-22(28(46)47)16-26(43)44)17-25(40-29)42-13-1-2-23(42)27(45)36-11-7-19-3-5-21(18-35)6-4-19/h3-6,17,20,22-23H,1-2,7-16H2,(H,36,45)(H,43,44)(H,46,47)(H2,37,38,48)/t22-,23+/m1/s1. The van der Waals surface area contributed by atoms with Crippen LogP contribution in [0.3, 0.4) is 0 Å². The maximum absolute atomic E-state index is 13.9. The van der Waals surface area contributed by atoms with Crippen molar-refractivity contribution in [2.45, 2.75) is 63.2 Å². The quantitative estimate of drug-likeness (QED) is 0.209. The van der Waals surface area contributed by atoms with E-state index in [0.29, 0.717) is 70.3 Å². The van der Waals surface area contributed by atoms with Gasteiger partial charge in [-0.3, -0.25) is 9.59 Å². The van der Waals surface area contributed by atoms with Crippen LogP contribution < -0.4 is 25.8 Å². The predicted octanol–water partition coefficient (Wildman–Crippen LogP) is 2.53. The highest BCUT2D eigenvalue weighted by atomic mass is 19.4. The van der Waals surface area contributed by atoms with Crippen molar-refractivity contribution in [3.05, 3.63) is 47.3 Å². The molecule has 2 atom stereocenters. The highest BCUT2D eigenvalue weighted by Crippen LogP contribution is 2.34. The zero-order valence-corrected chi connectivity index (χ0v) is 26.0. The number of urea groups is 1. The Kier molecular flexibility index (Phi) is 12.0. The Hall–Kier alpha value is -5.14. The fraction of sp³-hybridized carbons (Fsp3) is 0.516. The first-order valence-electron chi connectivity index (χ1n) is 15.6. The summed E-state index contributed by atoms with van der Waals surface area (Å²) in [5.41, 5.74) is 1.46. The van der Waals surface area contributed by atoms with Crippen LogP contribution in [0.25, 0.3) is 0 Å². The molecule has 2 aliphatic heterocycles. The molecular formula is C31H37F3N8O6. The minimum absolute atomic E-state index is 0.0250. The van der Waals surface area contributed by atoms with Crippen molar-refractivity contribution < 1.29 is 42.6 Å². The molecule has 1 aromatic carbocycles. The molecule has 258 valence electrons. The molecule has 4 rings (SSSR count). The van der Waals surface area contributed by atoms with Gasteiger partial charge in [0.2, 0.25) is 11.7 Å². The van der Waals surface area contributed by atoms with Crippen LogP contribution in [0.1, 0.15) is 55.5 Å². The number of amides is 3. The first-order valence-corrected chi connectivity index (χ1v) is 15.6. The smallest absolute Gasteiger partial charge is 0.451 e. The number of benzene rings is 1. The summed E-state index contributed by atoms with van der Waals surface area (Å²) < 4.78 is 41.8. The number of nitrogens with one attached hydrogen (secondary N) is 3. The molecule has 14 nitrogen and oxygen atoms in total. The van der Waals surface area contributed by atoms with Gasteiger partial charge in [0.15, 0.2) is 0 Å². The Morgan fingerprint density at radius 1 is 0.979 bits per heavy atom. The third kappa shape index (κ3) is 9.93. The minimum atomic E-state index is -4.81. The van der Waals surface area contributed by atoms with Crippen LogP contribution in [-0.2, 0) is 27.0 Å². The molecule has 0 unspecified atom stereocenters. The number of hydrogen-bond donors (Lipinski definition) is 5. The third-order valence-electron chi connectivity index (χ3n) is 8.36. The molecule has 2 fully saturated rings. The molecule has 2 saturated heterocycles. The monoisotopic (exact) mass is 674 g/mol. The molecule has 0 saturated carbocycles. The molecule has 48 heavy (non-hydrogen) atoms. The molecule has 0 spiro atoms. The summed E-state index contributed by atoms with van der Waals surface area (Å²) in [6.45, 7) is 1.65. The fourth-order valence-corrected chi connectivity index (χ4v) is 5.79. The third-order valence-corrected chi connectivity index (χ3v) is 8.36. The first-order chi connectivity index (χ1) is 22.8. The van der Waals surface area contributed by atoms with E-state index in [0.717, 1.165) is 5.56 Å². The van der Waals surface area contributed by atoms with E-state index in [1.807, 2.05) is 6.07 Å². The van der Waals surface area contributed by atoms with Crippen LogP contribution in [0.2, 0.25) is 0 Å². The van der Waals surface area contributed by atoms with Gasteiger partial charge in [-0.2, -0.15) is 18.4 Å². The lowest BCUT2D eigenvalue weighted by atomic mass is 9.93. The van der Waals surface area contributed by atoms with Crippen LogP contribution in [-0.4, -0.2) is 88.9 Å². The Morgan fingerprint density at radius 3 is 2.29 bits per heavy atom.